The molecular formula is C13H18N6O2S. The lowest BCUT2D eigenvalue weighted by molar-refractivity contribution is 0.0610. The molecule has 0 aliphatic carbocycles. The molecule has 0 atom stereocenters. The lowest BCUT2D eigenvalue weighted by atomic mass is 10.2. The first-order valence-electron chi connectivity index (χ1n) is 7.25. The highest BCUT2D eigenvalue weighted by atomic mass is 32.1. The topological polar surface area (TPSA) is 88.3 Å². The van der Waals surface area contributed by atoms with Gasteiger partial charge in [-0.25, -0.2) is 0 Å². The van der Waals surface area contributed by atoms with Gasteiger partial charge in [0.05, 0.1) is 24.5 Å². The predicted molar refractivity (Wildman–Crippen MR) is 79.5 cm³/mol. The van der Waals surface area contributed by atoms with Gasteiger partial charge in [0, 0.05) is 32.1 Å². The first-order valence-corrected chi connectivity index (χ1v) is 7.98. The summed E-state index contributed by atoms with van der Waals surface area (Å²) in [5.74, 6) is 1.58. The van der Waals surface area contributed by atoms with Crippen molar-refractivity contribution in [2.45, 2.75) is 26.3 Å². The summed E-state index contributed by atoms with van der Waals surface area (Å²) in [7, 11) is 0. The molecule has 3 heterocycles. The third-order valence-electron chi connectivity index (χ3n) is 3.60. The zero-order valence-electron chi connectivity index (χ0n) is 12.6. The smallest absolute Gasteiger partial charge is 0.275 e. The van der Waals surface area contributed by atoms with E-state index in [0.717, 1.165) is 30.6 Å². The van der Waals surface area contributed by atoms with Gasteiger partial charge in [0.2, 0.25) is 5.89 Å². The normalized spacial score (nSPS) is 16.4. The summed E-state index contributed by atoms with van der Waals surface area (Å²) in [5.41, 5.74) is 0.428. The van der Waals surface area contributed by atoms with E-state index in [1.807, 2.05) is 13.8 Å². The zero-order valence-corrected chi connectivity index (χ0v) is 13.4. The minimum Gasteiger partial charge on any atom is -0.338 e. The van der Waals surface area contributed by atoms with E-state index < -0.39 is 0 Å². The summed E-state index contributed by atoms with van der Waals surface area (Å²) in [4.78, 5) is 20.6. The minimum atomic E-state index is -0.0479. The number of nitrogens with zero attached hydrogens (tertiary/aromatic N) is 6. The number of hydrogen-bond donors (Lipinski definition) is 0. The average Bonchev–Trinajstić information content (AvgIpc) is 3.19. The van der Waals surface area contributed by atoms with Crippen molar-refractivity contribution in [3.05, 3.63) is 23.6 Å². The third-order valence-corrected chi connectivity index (χ3v) is 4.08. The molecule has 1 fully saturated rings. The molecule has 0 N–H and O–H groups in total. The zero-order chi connectivity index (χ0) is 15.5. The number of carbonyl (C=O) groups is 1. The van der Waals surface area contributed by atoms with E-state index in [4.69, 9.17) is 4.52 Å². The van der Waals surface area contributed by atoms with E-state index in [0.29, 0.717) is 31.2 Å². The number of aromatic nitrogens is 4. The van der Waals surface area contributed by atoms with Crippen molar-refractivity contribution in [1.29, 1.82) is 0 Å². The number of carbonyl (C=O) groups excluding carboxylic acids is 1. The van der Waals surface area contributed by atoms with Crippen LogP contribution < -0.4 is 0 Å². The van der Waals surface area contributed by atoms with E-state index in [1.54, 1.807) is 4.90 Å². The minimum absolute atomic E-state index is 0.0479. The van der Waals surface area contributed by atoms with Crippen LogP contribution in [0.2, 0.25) is 0 Å². The predicted octanol–water partition coefficient (Wildman–Crippen LogP) is 1.00. The molecule has 3 rings (SSSR count). The molecule has 22 heavy (non-hydrogen) atoms. The maximum atomic E-state index is 12.2. The largest absolute Gasteiger partial charge is 0.338 e. The Morgan fingerprint density at radius 1 is 1.36 bits per heavy atom. The van der Waals surface area contributed by atoms with Gasteiger partial charge in [-0.2, -0.15) is 13.7 Å². The fourth-order valence-electron chi connectivity index (χ4n) is 2.29. The highest BCUT2D eigenvalue weighted by Gasteiger charge is 2.24. The van der Waals surface area contributed by atoms with E-state index >= 15 is 0 Å². The Kier molecular flexibility index (Phi) is 4.44. The Hall–Kier alpha value is -1.87. The van der Waals surface area contributed by atoms with Gasteiger partial charge in [-0.05, 0) is 0 Å². The fourth-order valence-corrected chi connectivity index (χ4v) is 2.70. The van der Waals surface area contributed by atoms with Crippen molar-refractivity contribution in [3.8, 4) is 0 Å². The summed E-state index contributed by atoms with van der Waals surface area (Å²) in [6, 6.07) is 0. The summed E-state index contributed by atoms with van der Waals surface area (Å²) >= 11 is 1.05. The first kappa shape index (κ1) is 15.0. The van der Waals surface area contributed by atoms with Crippen LogP contribution in [0.25, 0.3) is 0 Å². The quantitative estimate of drug-likeness (QED) is 0.829. The Morgan fingerprint density at radius 3 is 2.73 bits per heavy atom. The van der Waals surface area contributed by atoms with E-state index in [9.17, 15) is 4.79 Å². The van der Waals surface area contributed by atoms with Gasteiger partial charge in [0.1, 0.15) is 0 Å². The molecule has 2 aromatic heterocycles. The number of amides is 1. The van der Waals surface area contributed by atoms with Crippen molar-refractivity contribution >= 4 is 17.6 Å². The van der Waals surface area contributed by atoms with Gasteiger partial charge in [-0.3, -0.25) is 9.69 Å². The molecule has 1 saturated heterocycles. The molecule has 118 valence electrons. The number of rotatable bonds is 4. The van der Waals surface area contributed by atoms with Gasteiger partial charge in [-0.15, -0.1) is 0 Å². The highest BCUT2D eigenvalue weighted by molar-refractivity contribution is 6.99. The first-order chi connectivity index (χ1) is 10.6. The molecule has 0 radical (unpaired) electrons. The monoisotopic (exact) mass is 322 g/mol. The Bertz CT molecular complexity index is 618. The second-order valence-corrected chi connectivity index (χ2v) is 6.12. The summed E-state index contributed by atoms with van der Waals surface area (Å²) in [6.07, 6.45) is 1.52. The van der Waals surface area contributed by atoms with Crippen LogP contribution in [0.4, 0.5) is 0 Å². The summed E-state index contributed by atoms with van der Waals surface area (Å²) < 4.78 is 13.1. The molecule has 1 aliphatic rings. The number of hydrogen-bond acceptors (Lipinski definition) is 8. The molecule has 1 amide bonds. The third kappa shape index (κ3) is 3.30. The molecule has 0 aromatic carbocycles. The second kappa shape index (κ2) is 6.49. The van der Waals surface area contributed by atoms with E-state index in [1.165, 1.54) is 6.20 Å². The van der Waals surface area contributed by atoms with Crippen LogP contribution in [0.1, 0.15) is 42.0 Å². The van der Waals surface area contributed by atoms with Crippen molar-refractivity contribution in [2.75, 3.05) is 26.2 Å². The lowest BCUT2D eigenvalue weighted by Gasteiger charge is -2.33. The molecule has 9 heteroatoms. The maximum absolute atomic E-state index is 12.2. The Balaban J connectivity index is 1.52. The molecule has 0 spiro atoms. The summed E-state index contributed by atoms with van der Waals surface area (Å²) in [6.45, 7) is 7.59. The molecule has 1 aliphatic heterocycles. The van der Waals surface area contributed by atoms with Gasteiger partial charge >= 0.3 is 0 Å². The highest BCUT2D eigenvalue weighted by Crippen LogP contribution is 2.13. The molecule has 8 nitrogen and oxygen atoms in total. The van der Waals surface area contributed by atoms with E-state index in [-0.39, 0.29) is 11.8 Å². The Labute approximate surface area is 132 Å². The standard InChI is InChI=1S/C13H18N6O2S/c1-9(2)12-15-11(21-16-12)8-18-3-5-19(6-4-18)13(20)10-7-14-22-17-10/h7,9H,3-6,8H2,1-2H3. The molecule has 0 saturated carbocycles. The van der Waals surface area contributed by atoms with Gasteiger partial charge in [0.15, 0.2) is 11.5 Å². The van der Waals surface area contributed by atoms with Crippen LogP contribution in [-0.2, 0) is 6.54 Å². The molecule has 0 unspecified atom stereocenters. The Morgan fingerprint density at radius 2 is 2.14 bits per heavy atom. The van der Waals surface area contributed by atoms with Crippen molar-refractivity contribution in [1.82, 2.24) is 28.7 Å². The molecule has 0 bridgehead atoms. The molecule has 2 aromatic rings. The van der Waals surface area contributed by atoms with Crippen molar-refractivity contribution in [2.24, 2.45) is 0 Å². The van der Waals surface area contributed by atoms with Crippen LogP contribution in [-0.4, -0.2) is 60.8 Å². The fraction of sp³-hybridized carbons (Fsp3) is 0.615. The SMILES string of the molecule is CC(C)c1noc(CN2CCN(C(=O)c3cnsn3)CC2)n1. The molecular weight excluding hydrogens is 304 g/mol. The van der Waals surface area contributed by atoms with Gasteiger partial charge < -0.3 is 9.42 Å². The van der Waals surface area contributed by atoms with Crippen LogP contribution in [0.15, 0.2) is 10.7 Å². The average molecular weight is 322 g/mol. The second-order valence-electron chi connectivity index (χ2n) is 5.56. The maximum Gasteiger partial charge on any atom is 0.275 e. The van der Waals surface area contributed by atoms with Crippen molar-refractivity contribution < 1.29 is 9.32 Å². The van der Waals surface area contributed by atoms with Crippen molar-refractivity contribution in [3.63, 3.8) is 0 Å². The van der Waals surface area contributed by atoms with Crippen LogP contribution in [0.3, 0.4) is 0 Å². The lowest BCUT2D eigenvalue weighted by Crippen LogP contribution is -2.48. The van der Waals surface area contributed by atoms with Crippen LogP contribution in [0, 0.1) is 0 Å². The van der Waals surface area contributed by atoms with Gasteiger partial charge in [-0.1, -0.05) is 19.0 Å². The number of piperazine rings is 1. The van der Waals surface area contributed by atoms with E-state index in [2.05, 4.69) is 23.8 Å². The van der Waals surface area contributed by atoms with Crippen LogP contribution >= 0.6 is 11.7 Å². The van der Waals surface area contributed by atoms with Crippen LogP contribution in [0.5, 0.6) is 0 Å². The van der Waals surface area contributed by atoms with Gasteiger partial charge in [0.25, 0.3) is 5.91 Å². The summed E-state index contributed by atoms with van der Waals surface area (Å²) in [5, 5.41) is 3.97.